The molecule has 3 N–H and O–H groups in total. The first kappa shape index (κ1) is 15.0. The van der Waals surface area contributed by atoms with Gasteiger partial charge in [0.25, 0.3) is 0 Å². The molecule has 0 radical (unpaired) electrons. The molecule has 0 heterocycles. The largest absolute Gasteiger partial charge is 0.464 e. The second-order valence-corrected chi connectivity index (χ2v) is 3.46. The number of nitrogens with one attached hydrogen (secondary N) is 1. The van der Waals surface area contributed by atoms with Gasteiger partial charge < -0.3 is 20.3 Å². The molecule has 1 rings (SSSR count). The third-order valence-electron chi connectivity index (χ3n) is 2.25. The van der Waals surface area contributed by atoms with Crippen LogP contribution in [-0.2, 0) is 4.79 Å². The van der Waals surface area contributed by atoms with Crippen molar-refractivity contribution in [2.75, 3.05) is 17.3 Å². The highest BCUT2D eigenvalue weighted by atomic mass is 16.5. The Morgan fingerprint density at radius 2 is 1.90 bits per heavy atom. The minimum atomic E-state index is -1.67. The molecule has 1 aromatic rings. The molecule has 20 heavy (non-hydrogen) atoms. The van der Waals surface area contributed by atoms with Crippen molar-refractivity contribution < 1.29 is 29.3 Å². The number of imide groups is 1. The number of hydrogen-bond donors (Lipinski definition) is 3. The van der Waals surface area contributed by atoms with Crippen LogP contribution >= 0.6 is 0 Å². The standard InChI is InChI=1S/C12H12N2O6/c1-3-10(15)20-9-6-7(4-5-8(9)13-2)14(11(16)17)12(18)19/h3-6,13H,1H2,2H3,(H,16,17)(H,18,19). The van der Waals surface area contributed by atoms with E-state index in [2.05, 4.69) is 11.9 Å². The molecule has 0 aliphatic carbocycles. The molecule has 8 nitrogen and oxygen atoms in total. The Labute approximate surface area is 113 Å². The van der Waals surface area contributed by atoms with E-state index in [4.69, 9.17) is 14.9 Å². The summed E-state index contributed by atoms with van der Waals surface area (Å²) in [7, 11) is 1.56. The minimum Gasteiger partial charge on any atom is -0.464 e. The maximum atomic E-state index is 11.2. The van der Waals surface area contributed by atoms with E-state index in [1.54, 1.807) is 7.05 Å². The summed E-state index contributed by atoms with van der Waals surface area (Å²) >= 11 is 0. The summed E-state index contributed by atoms with van der Waals surface area (Å²) in [5, 5.41) is 20.4. The highest BCUT2D eigenvalue weighted by molar-refractivity contribution is 6.08. The van der Waals surface area contributed by atoms with E-state index >= 15 is 0 Å². The van der Waals surface area contributed by atoms with Crippen molar-refractivity contribution in [2.24, 2.45) is 0 Å². The molecule has 2 amide bonds. The van der Waals surface area contributed by atoms with Gasteiger partial charge in [-0.2, -0.15) is 4.90 Å². The van der Waals surface area contributed by atoms with E-state index in [0.29, 0.717) is 5.69 Å². The molecule has 0 aliphatic rings. The number of hydrogen-bond acceptors (Lipinski definition) is 5. The average Bonchev–Trinajstić information content (AvgIpc) is 2.38. The van der Waals surface area contributed by atoms with Crippen LogP contribution in [0.5, 0.6) is 5.75 Å². The van der Waals surface area contributed by atoms with Crippen LogP contribution in [0.3, 0.4) is 0 Å². The van der Waals surface area contributed by atoms with Crippen molar-refractivity contribution in [3.8, 4) is 5.75 Å². The van der Waals surface area contributed by atoms with Gasteiger partial charge in [0, 0.05) is 19.2 Å². The van der Waals surface area contributed by atoms with Gasteiger partial charge in [-0.3, -0.25) is 0 Å². The topological polar surface area (TPSA) is 116 Å². The van der Waals surface area contributed by atoms with Gasteiger partial charge in [-0.15, -0.1) is 0 Å². The quantitative estimate of drug-likeness (QED) is 0.438. The second-order valence-electron chi connectivity index (χ2n) is 3.46. The maximum Gasteiger partial charge on any atom is 0.421 e. The van der Waals surface area contributed by atoms with Crippen LogP contribution in [-0.4, -0.2) is 35.4 Å². The third-order valence-corrected chi connectivity index (χ3v) is 2.25. The van der Waals surface area contributed by atoms with Gasteiger partial charge in [0.05, 0.1) is 11.4 Å². The summed E-state index contributed by atoms with van der Waals surface area (Å²) in [5.74, 6) is -0.766. The second kappa shape index (κ2) is 6.23. The van der Waals surface area contributed by atoms with E-state index in [1.807, 2.05) is 0 Å². The highest BCUT2D eigenvalue weighted by Crippen LogP contribution is 2.30. The monoisotopic (exact) mass is 280 g/mol. The average molecular weight is 280 g/mol. The van der Waals surface area contributed by atoms with Gasteiger partial charge in [-0.25, -0.2) is 14.4 Å². The lowest BCUT2D eigenvalue weighted by molar-refractivity contribution is -0.128. The lowest BCUT2D eigenvalue weighted by Crippen LogP contribution is -2.34. The first-order valence-corrected chi connectivity index (χ1v) is 5.32. The number of ether oxygens (including phenoxy) is 1. The van der Waals surface area contributed by atoms with Crippen LogP contribution in [0.25, 0.3) is 0 Å². The summed E-state index contributed by atoms with van der Waals surface area (Å²) in [6, 6.07) is 3.77. The normalized spacial score (nSPS) is 9.45. The van der Waals surface area contributed by atoms with Crippen LogP contribution < -0.4 is 15.0 Å². The zero-order valence-electron chi connectivity index (χ0n) is 10.5. The number of anilines is 2. The van der Waals surface area contributed by atoms with E-state index in [1.165, 1.54) is 12.1 Å². The summed E-state index contributed by atoms with van der Waals surface area (Å²) < 4.78 is 4.90. The SMILES string of the molecule is C=CC(=O)Oc1cc(N(C(=O)O)C(=O)O)ccc1NC. The Kier molecular flexibility index (Phi) is 4.68. The molecule has 0 atom stereocenters. The van der Waals surface area contributed by atoms with Crippen molar-refractivity contribution >= 4 is 29.5 Å². The van der Waals surface area contributed by atoms with Crippen LogP contribution in [0.15, 0.2) is 30.9 Å². The smallest absolute Gasteiger partial charge is 0.421 e. The fraction of sp³-hybridized carbons (Fsp3) is 0.0833. The van der Waals surface area contributed by atoms with Gasteiger partial charge >= 0.3 is 18.2 Å². The number of benzene rings is 1. The van der Waals surface area contributed by atoms with E-state index in [0.717, 1.165) is 12.1 Å². The summed E-state index contributed by atoms with van der Waals surface area (Å²) in [6.07, 6.45) is -2.41. The molecule has 0 saturated carbocycles. The maximum absolute atomic E-state index is 11.2. The van der Waals surface area contributed by atoms with Gasteiger partial charge in [-0.1, -0.05) is 6.58 Å². The van der Waals surface area contributed by atoms with Crippen LogP contribution in [0.1, 0.15) is 0 Å². The van der Waals surface area contributed by atoms with Crippen LogP contribution in [0.4, 0.5) is 21.0 Å². The molecule has 0 fully saturated rings. The summed E-state index contributed by atoms with van der Waals surface area (Å²) in [6.45, 7) is 3.23. The number of rotatable bonds is 4. The first-order chi connectivity index (χ1) is 9.40. The Morgan fingerprint density at radius 3 is 2.35 bits per heavy atom. The molecular weight excluding hydrogens is 268 g/mol. The molecule has 0 bridgehead atoms. The number of carbonyl (C=O) groups excluding carboxylic acids is 1. The highest BCUT2D eigenvalue weighted by Gasteiger charge is 2.23. The molecule has 1 aromatic carbocycles. The molecule has 0 aromatic heterocycles. The number of esters is 1. The first-order valence-electron chi connectivity index (χ1n) is 5.32. The molecule has 8 heteroatoms. The Morgan fingerprint density at radius 1 is 1.30 bits per heavy atom. The van der Waals surface area contributed by atoms with Crippen molar-refractivity contribution in [1.82, 2.24) is 0 Å². The fourth-order valence-corrected chi connectivity index (χ4v) is 1.39. The third kappa shape index (κ3) is 3.25. The number of carboxylic acid groups (broad SMARTS) is 2. The van der Waals surface area contributed by atoms with Gasteiger partial charge in [0.2, 0.25) is 0 Å². The number of carbonyl (C=O) groups is 3. The summed E-state index contributed by atoms with van der Waals surface area (Å²) in [4.78, 5) is 33.1. The van der Waals surface area contributed by atoms with Crippen molar-refractivity contribution in [3.63, 3.8) is 0 Å². The number of amides is 2. The molecule has 106 valence electrons. The number of nitrogens with zero attached hydrogens (tertiary/aromatic N) is 1. The molecule has 0 spiro atoms. The van der Waals surface area contributed by atoms with Gasteiger partial charge in [-0.05, 0) is 12.1 Å². The molecule has 0 aliphatic heterocycles. The minimum absolute atomic E-state index is 0.0117. The lowest BCUT2D eigenvalue weighted by atomic mass is 10.2. The van der Waals surface area contributed by atoms with Crippen LogP contribution in [0, 0.1) is 0 Å². The Bertz CT molecular complexity index is 555. The Balaban J connectivity index is 3.26. The van der Waals surface area contributed by atoms with E-state index in [9.17, 15) is 14.4 Å². The van der Waals surface area contributed by atoms with Gasteiger partial charge in [0.1, 0.15) is 0 Å². The van der Waals surface area contributed by atoms with E-state index in [-0.39, 0.29) is 16.3 Å². The van der Waals surface area contributed by atoms with Crippen molar-refractivity contribution in [1.29, 1.82) is 0 Å². The molecular formula is C12H12N2O6. The van der Waals surface area contributed by atoms with Gasteiger partial charge in [0.15, 0.2) is 5.75 Å². The van der Waals surface area contributed by atoms with Crippen molar-refractivity contribution in [2.45, 2.75) is 0 Å². The van der Waals surface area contributed by atoms with Crippen molar-refractivity contribution in [3.05, 3.63) is 30.9 Å². The predicted octanol–water partition coefficient (Wildman–Crippen LogP) is 1.98. The molecule has 0 saturated heterocycles. The lowest BCUT2D eigenvalue weighted by Gasteiger charge is -2.16. The zero-order chi connectivity index (χ0) is 15.3. The van der Waals surface area contributed by atoms with Crippen LogP contribution in [0.2, 0.25) is 0 Å². The fourth-order valence-electron chi connectivity index (χ4n) is 1.39. The van der Waals surface area contributed by atoms with E-state index < -0.39 is 18.2 Å². The predicted molar refractivity (Wildman–Crippen MR) is 70.3 cm³/mol. The Hall–Kier alpha value is -3.03. The zero-order valence-corrected chi connectivity index (χ0v) is 10.5. The summed E-state index contributed by atoms with van der Waals surface area (Å²) in [5.41, 5.74) is 0.218. The molecule has 0 unspecified atom stereocenters.